The molecular formula is C52H72N8O10S. The number of hydrogen-bond donors (Lipinski definition) is 5. The Hall–Kier alpha value is -6.31. The average molecular weight is 1000 g/mol. The first-order valence-corrected chi connectivity index (χ1v) is 25.0. The van der Waals surface area contributed by atoms with Gasteiger partial charge in [-0.05, 0) is 80.1 Å². The number of fused-ring (bicyclic) bond motifs is 1. The number of likely N-dealkylation sites (tertiary alicyclic amines) is 1. The van der Waals surface area contributed by atoms with E-state index in [1.807, 2.05) is 94.8 Å². The van der Waals surface area contributed by atoms with E-state index in [1.54, 1.807) is 42.1 Å². The Balaban J connectivity index is 0.00000305. The number of unbranched alkanes of at least 4 members (excludes halogenated alkanes) is 4. The van der Waals surface area contributed by atoms with E-state index < -0.39 is 29.5 Å². The van der Waals surface area contributed by atoms with Crippen LogP contribution in [0.3, 0.4) is 0 Å². The number of aromatic nitrogens is 2. The number of nitrogens with zero attached hydrogens (tertiary/aromatic N) is 5. The zero-order valence-corrected chi connectivity index (χ0v) is 43.4. The predicted molar refractivity (Wildman–Crippen MR) is 273 cm³/mol. The Labute approximate surface area is 420 Å². The summed E-state index contributed by atoms with van der Waals surface area (Å²) in [7, 11) is 8.97. The molecule has 1 saturated heterocycles. The van der Waals surface area contributed by atoms with Crippen molar-refractivity contribution >= 4 is 41.6 Å². The van der Waals surface area contributed by atoms with Crippen LogP contribution in [0.5, 0.6) is 11.5 Å². The van der Waals surface area contributed by atoms with Crippen LogP contribution in [-0.2, 0) is 52.3 Å². The largest absolute Gasteiger partial charge is 0.496 e. The molecule has 2 aliphatic rings. The van der Waals surface area contributed by atoms with Crippen LogP contribution in [0, 0.1) is 12.3 Å². The number of ether oxygens (including phenoxy) is 2. The number of amides is 5. The number of benzene rings is 2. The molecule has 1 fully saturated rings. The van der Waals surface area contributed by atoms with Gasteiger partial charge in [-0.2, -0.15) is 0 Å². The standard InChI is InChI=1S/C51H70N8O8S.CH2O2/c1-32-45(68-31-54-32)34-18-16-33(17-19-34)26-53-47(62)41-25-36(60)27-59(41)49(64)46(51(2,3)4)55-44(61)15-13-11-10-12-14-21-52-50(65)58-22-20-37-38(29-57(7)48(63)39(37)30-58)35-23-42(66-8)40(28-56(5)6)43(24-35)67-9;2-1-3/h16-19,23-24,29,31,36,41,46,60H,10-15,20-22,25-28,30H2,1-9H3,(H,52,65)(H,53,62)(H,55,61);1H,(H,2,3)/t36-,41+,46?;/m1./s1. The van der Waals surface area contributed by atoms with E-state index in [0.29, 0.717) is 49.5 Å². The summed E-state index contributed by atoms with van der Waals surface area (Å²) in [5, 5.41) is 26.4. The molecule has 2 aromatic carbocycles. The number of urea groups is 1. The number of aliphatic hydroxyl groups is 1. The maximum absolute atomic E-state index is 14.0. The van der Waals surface area contributed by atoms with Crippen molar-refractivity contribution in [1.29, 1.82) is 0 Å². The summed E-state index contributed by atoms with van der Waals surface area (Å²) in [6.07, 6.45) is 5.80. The molecule has 2 aromatic heterocycles. The lowest BCUT2D eigenvalue weighted by Gasteiger charge is -2.35. The van der Waals surface area contributed by atoms with Crippen molar-refractivity contribution < 1.29 is 43.7 Å². The molecule has 18 nitrogen and oxygen atoms in total. The summed E-state index contributed by atoms with van der Waals surface area (Å²) in [5.41, 5.74) is 8.20. The van der Waals surface area contributed by atoms with Crippen molar-refractivity contribution in [3.63, 3.8) is 0 Å². The van der Waals surface area contributed by atoms with Gasteiger partial charge in [0.25, 0.3) is 12.0 Å². The smallest absolute Gasteiger partial charge is 0.317 e. The van der Waals surface area contributed by atoms with Crippen LogP contribution < -0.4 is 31.0 Å². The normalized spacial score (nSPS) is 15.8. The molecule has 19 heteroatoms. The number of rotatable bonds is 19. The first-order valence-electron chi connectivity index (χ1n) is 24.1. The summed E-state index contributed by atoms with van der Waals surface area (Å²) >= 11 is 1.58. The van der Waals surface area contributed by atoms with Crippen molar-refractivity contribution in [3.05, 3.63) is 86.4 Å². The first kappa shape index (κ1) is 55.6. The zero-order valence-electron chi connectivity index (χ0n) is 42.6. The van der Waals surface area contributed by atoms with E-state index >= 15 is 0 Å². The maximum atomic E-state index is 14.0. The summed E-state index contributed by atoms with van der Waals surface area (Å²) in [6, 6.07) is 9.91. The lowest BCUT2D eigenvalue weighted by atomic mass is 9.85. The molecule has 386 valence electrons. The Morgan fingerprint density at radius 1 is 0.972 bits per heavy atom. The van der Waals surface area contributed by atoms with Gasteiger partial charge in [-0.3, -0.25) is 24.0 Å². The van der Waals surface area contributed by atoms with Gasteiger partial charge < -0.3 is 54.9 Å². The van der Waals surface area contributed by atoms with Crippen molar-refractivity contribution in [2.45, 2.75) is 117 Å². The molecule has 0 saturated carbocycles. The molecule has 4 heterocycles. The molecule has 2 aliphatic heterocycles. The minimum absolute atomic E-state index is 0.00927. The second-order valence-corrected chi connectivity index (χ2v) is 20.3. The van der Waals surface area contributed by atoms with Gasteiger partial charge in [0.1, 0.15) is 23.6 Å². The number of hydrogen-bond acceptors (Lipinski definition) is 12. The highest BCUT2D eigenvalue weighted by Gasteiger charge is 2.44. The van der Waals surface area contributed by atoms with Crippen LogP contribution in [-0.4, -0.2) is 131 Å². The van der Waals surface area contributed by atoms with Gasteiger partial charge in [-0.25, -0.2) is 9.78 Å². The SMILES string of the molecule is COc1cc(-c2cn(C)c(=O)c3c2CCN(C(=O)NCCCCCCCC(=O)NC(C(=O)N2C[C@H](O)C[C@H]2C(=O)NCc2ccc(-c4scnc4C)cc2)C(C)(C)C)C3)cc(OC)c1CN(C)C.O=CO. The number of carboxylic acid groups (broad SMARTS) is 1. The second-order valence-electron chi connectivity index (χ2n) is 19.5. The topological polar surface area (TPSA) is 225 Å². The minimum atomic E-state index is -0.890. The summed E-state index contributed by atoms with van der Waals surface area (Å²) in [6.45, 7) is 9.41. The summed E-state index contributed by atoms with van der Waals surface area (Å²) in [4.78, 5) is 86.4. The molecule has 3 atom stereocenters. The Kier molecular flexibility index (Phi) is 20.1. The van der Waals surface area contributed by atoms with Crippen LogP contribution in [0.15, 0.2) is 52.9 Å². The lowest BCUT2D eigenvalue weighted by Crippen LogP contribution is -2.57. The number of aliphatic hydroxyl groups excluding tert-OH is 1. The highest BCUT2D eigenvalue weighted by Crippen LogP contribution is 2.38. The van der Waals surface area contributed by atoms with Gasteiger partial charge in [0, 0.05) is 69.9 Å². The van der Waals surface area contributed by atoms with Gasteiger partial charge in [-0.1, -0.05) is 64.3 Å². The van der Waals surface area contributed by atoms with Crippen molar-refractivity contribution in [2.75, 3.05) is 47.9 Å². The van der Waals surface area contributed by atoms with Crippen LogP contribution >= 0.6 is 11.3 Å². The van der Waals surface area contributed by atoms with Gasteiger partial charge >= 0.3 is 6.03 Å². The third-order valence-electron chi connectivity index (χ3n) is 12.8. The van der Waals surface area contributed by atoms with E-state index in [0.717, 1.165) is 69.6 Å². The van der Waals surface area contributed by atoms with Crippen molar-refractivity contribution in [2.24, 2.45) is 12.5 Å². The van der Waals surface area contributed by atoms with E-state index in [4.69, 9.17) is 19.4 Å². The predicted octanol–water partition coefficient (Wildman–Crippen LogP) is 5.48. The minimum Gasteiger partial charge on any atom is -0.496 e. The van der Waals surface area contributed by atoms with Gasteiger partial charge in [0.15, 0.2) is 0 Å². The number of carbonyl (C=O) groups excluding carboxylic acids is 4. The fourth-order valence-electron chi connectivity index (χ4n) is 9.10. The molecule has 5 amide bonds. The molecular weight excluding hydrogens is 929 g/mol. The Morgan fingerprint density at radius 3 is 2.23 bits per heavy atom. The van der Waals surface area contributed by atoms with Crippen LogP contribution in [0.1, 0.15) is 93.7 Å². The first-order chi connectivity index (χ1) is 33.8. The van der Waals surface area contributed by atoms with Gasteiger partial charge in [-0.15, -0.1) is 11.3 Å². The second kappa shape index (κ2) is 25.7. The molecule has 71 heavy (non-hydrogen) atoms. The Bertz CT molecular complexity index is 2510. The zero-order chi connectivity index (χ0) is 52.0. The quantitative estimate of drug-likeness (QED) is 0.0582. The van der Waals surface area contributed by atoms with E-state index in [9.17, 15) is 29.1 Å². The van der Waals surface area contributed by atoms with Crippen LogP contribution in [0.4, 0.5) is 4.79 Å². The molecule has 0 bridgehead atoms. The van der Waals surface area contributed by atoms with Crippen LogP contribution in [0.2, 0.25) is 0 Å². The molecule has 0 aliphatic carbocycles. The highest BCUT2D eigenvalue weighted by molar-refractivity contribution is 7.13. The van der Waals surface area contributed by atoms with Gasteiger partial charge in [0.2, 0.25) is 17.7 Å². The summed E-state index contributed by atoms with van der Waals surface area (Å²) < 4.78 is 13.1. The number of pyridine rings is 1. The summed E-state index contributed by atoms with van der Waals surface area (Å²) in [5.74, 6) is 0.416. The number of aryl methyl sites for hydroxylation is 2. The number of thiazole rings is 1. The van der Waals surface area contributed by atoms with Crippen molar-refractivity contribution in [3.8, 4) is 33.1 Å². The molecule has 1 unspecified atom stereocenters. The maximum Gasteiger partial charge on any atom is 0.317 e. The Morgan fingerprint density at radius 2 is 1.62 bits per heavy atom. The highest BCUT2D eigenvalue weighted by atomic mass is 32.1. The third kappa shape index (κ3) is 14.6. The number of nitrogens with one attached hydrogen (secondary N) is 3. The lowest BCUT2D eigenvalue weighted by molar-refractivity contribution is -0.144. The van der Waals surface area contributed by atoms with E-state index in [-0.39, 0.29) is 62.4 Å². The molecule has 0 radical (unpaired) electrons. The van der Waals surface area contributed by atoms with E-state index in [1.165, 1.54) is 4.90 Å². The molecule has 5 N–H and O–H groups in total. The number of carbonyl (C=O) groups is 5. The molecule has 0 spiro atoms. The fraction of sp³-hybridized carbons (Fsp3) is 0.519. The fourth-order valence-corrected chi connectivity index (χ4v) is 9.91. The van der Waals surface area contributed by atoms with Crippen molar-refractivity contribution in [1.82, 2.24) is 40.2 Å². The molecule has 4 aromatic rings. The average Bonchev–Trinajstić information content (AvgIpc) is 3.96. The van der Waals surface area contributed by atoms with Crippen LogP contribution in [0.25, 0.3) is 21.6 Å². The van der Waals surface area contributed by atoms with Gasteiger partial charge in [0.05, 0.1) is 48.5 Å². The third-order valence-corrected chi connectivity index (χ3v) is 13.8. The molecule has 6 rings (SSSR count). The van der Waals surface area contributed by atoms with E-state index in [2.05, 4.69) is 20.9 Å². The number of methoxy groups -OCH3 is 2. The number of β-amino-alcohol motifs (C(OH)–C–C–N with tert-alkyl or cyclic N) is 1. The monoisotopic (exact) mass is 1000 g/mol.